The molecule has 2 aliphatic rings. The lowest BCUT2D eigenvalue weighted by Gasteiger charge is -2.39. The first-order valence-corrected chi connectivity index (χ1v) is 11.5. The van der Waals surface area contributed by atoms with E-state index >= 15 is 0 Å². The Bertz CT molecular complexity index is 1400. The highest BCUT2D eigenvalue weighted by Gasteiger charge is 2.41. The fourth-order valence-electron chi connectivity index (χ4n) is 4.66. The number of benzene rings is 3. The van der Waals surface area contributed by atoms with Gasteiger partial charge in [-0.1, -0.05) is 48.0 Å². The number of fused-ring (bicyclic) bond motifs is 3. The predicted molar refractivity (Wildman–Crippen MR) is 130 cm³/mol. The summed E-state index contributed by atoms with van der Waals surface area (Å²) in [6.07, 6.45) is 1.26. The van der Waals surface area contributed by atoms with Crippen molar-refractivity contribution >= 4 is 27.6 Å². The molecule has 1 aromatic heterocycles. The van der Waals surface area contributed by atoms with Crippen LogP contribution < -0.4 is 14.8 Å². The molecular formula is C26H21BrN4O2. The predicted octanol–water partition coefficient (Wildman–Crippen LogP) is 5.92. The summed E-state index contributed by atoms with van der Waals surface area (Å²) in [5.41, 5.74) is 6.45. The minimum atomic E-state index is -0.326. The number of methoxy groups -OCH3 is 1. The monoisotopic (exact) mass is 500 g/mol. The zero-order chi connectivity index (χ0) is 22.5. The maximum absolute atomic E-state index is 6.69. The van der Waals surface area contributed by atoms with Crippen molar-refractivity contribution in [1.29, 1.82) is 0 Å². The third-order valence-corrected chi connectivity index (χ3v) is 6.78. The zero-order valence-electron chi connectivity index (χ0n) is 18.1. The van der Waals surface area contributed by atoms with Crippen molar-refractivity contribution in [3.05, 3.63) is 105 Å². The third-order valence-electron chi connectivity index (χ3n) is 6.16. The topological polar surface area (TPSA) is 61.2 Å². The Morgan fingerprint density at radius 1 is 1.03 bits per heavy atom. The van der Waals surface area contributed by atoms with Gasteiger partial charge >= 0.3 is 0 Å². The van der Waals surface area contributed by atoms with Crippen molar-refractivity contribution in [2.45, 2.75) is 19.1 Å². The Hall–Kier alpha value is -3.58. The van der Waals surface area contributed by atoms with E-state index in [1.54, 1.807) is 13.4 Å². The number of aryl methyl sites for hydroxylation is 1. The summed E-state index contributed by atoms with van der Waals surface area (Å²) in [6.45, 7) is 2.09. The maximum Gasteiger partial charge on any atom is 0.226 e. The fraction of sp³-hybridized carbons (Fsp3) is 0.154. The molecule has 1 N–H and O–H groups in total. The Morgan fingerprint density at radius 2 is 1.88 bits per heavy atom. The van der Waals surface area contributed by atoms with Gasteiger partial charge in [-0.2, -0.15) is 10.1 Å². The SMILES string of the molecule is COc1ccc([C@@H]2Oc3ccc(C)cc3C3=C2[C@@H](c2ccccc2)n2ncnc2N3)cc1Br. The van der Waals surface area contributed by atoms with Crippen LogP contribution in [0.4, 0.5) is 5.95 Å². The molecule has 4 aromatic rings. The molecule has 0 saturated heterocycles. The third kappa shape index (κ3) is 3.23. The van der Waals surface area contributed by atoms with Crippen LogP contribution in [-0.2, 0) is 0 Å². The second-order valence-electron chi connectivity index (χ2n) is 8.19. The van der Waals surface area contributed by atoms with Gasteiger partial charge in [-0.15, -0.1) is 0 Å². The van der Waals surface area contributed by atoms with Gasteiger partial charge in [0.25, 0.3) is 0 Å². The van der Waals surface area contributed by atoms with Gasteiger partial charge in [-0.3, -0.25) is 0 Å². The molecule has 0 saturated carbocycles. The van der Waals surface area contributed by atoms with Crippen LogP contribution in [0.15, 0.2) is 83.1 Å². The molecule has 2 atom stereocenters. The van der Waals surface area contributed by atoms with Crippen LogP contribution in [0.3, 0.4) is 0 Å². The lowest BCUT2D eigenvalue weighted by molar-refractivity contribution is 0.223. The van der Waals surface area contributed by atoms with E-state index in [0.717, 1.165) is 43.9 Å². The summed E-state index contributed by atoms with van der Waals surface area (Å²) in [5, 5.41) is 8.13. The Labute approximate surface area is 200 Å². The van der Waals surface area contributed by atoms with E-state index < -0.39 is 0 Å². The smallest absolute Gasteiger partial charge is 0.226 e. The second-order valence-corrected chi connectivity index (χ2v) is 9.04. The molecule has 6 rings (SSSR count). The number of anilines is 1. The van der Waals surface area contributed by atoms with Gasteiger partial charge in [0.2, 0.25) is 5.95 Å². The number of nitrogens with zero attached hydrogens (tertiary/aromatic N) is 3. The molecule has 3 heterocycles. The Kier molecular flexibility index (Phi) is 4.73. The number of hydrogen-bond donors (Lipinski definition) is 1. The van der Waals surface area contributed by atoms with Gasteiger partial charge in [0.05, 0.1) is 17.3 Å². The van der Waals surface area contributed by atoms with E-state index in [9.17, 15) is 0 Å². The van der Waals surface area contributed by atoms with Crippen molar-refractivity contribution in [3.8, 4) is 11.5 Å². The van der Waals surface area contributed by atoms with Crippen molar-refractivity contribution in [1.82, 2.24) is 14.8 Å². The standard InChI is InChI=1S/C26H21BrN4O2/c1-15-8-10-20-18(12-15)23-22(25(33-20)17-9-11-21(32-2)19(27)13-17)24(16-6-4-3-5-7-16)31-26(30-23)28-14-29-31/h3-14,24-25H,1-2H3,(H,28,29,30)/t24-,25+/m1/s1. The second kappa shape index (κ2) is 7.78. The number of hydrogen-bond acceptors (Lipinski definition) is 5. The molecule has 0 aliphatic carbocycles. The molecule has 0 fully saturated rings. The van der Waals surface area contributed by atoms with E-state index in [0.29, 0.717) is 5.95 Å². The van der Waals surface area contributed by atoms with Crippen molar-refractivity contribution < 1.29 is 9.47 Å². The number of nitrogens with one attached hydrogen (secondary N) is 1. The normalized spacial score (nSPS) is 18.5. The molecule has 0 spiro atoms. The molecule has 0 radical (unpaired) electrons. The number of ether oxygens (including phenoxy) is 2. The summed E-state index contributed by atoms with van der Waals surface area (Å²) in [7, 11) is 1.67. The van der Waals surface area contributed by atoms with Gasteiger partial charge in [0, 0.05) is 11.1 Å². The summed E-state index contributed by atoms with van der Waals surface area (Å²) in [6, 6.07) is 22.6. The van der Waals surface area contributed by atoms with Crippen LogP contribution in [0, 0.1) is 6.92 Å². The first-order valence-electron chi connectivity index (χ1n) is 10.7. The van der Waals surface area contributed by atoms with Gasteiger partial charge < -0.3 is 14.8 Å². The number of halogens is 1. The highest BCUT2D eigenvalue weighted by Crippen LogP contribution is 2.51. The lowest BCUT2D eigenvalue weighted by atomic mass is 9.84. The zero-order valence-corrected chi connectivity index (χ0v) is 19.7. The van der Waals surface area contributed by atoms with E-state index in [-0.39, 0.29) is 12.1 Å². The molecule has 164 valence electrons. The van der Waals surface area contributed by atoms with E-state index in [2.05, 4.69) is 86.8 Å². The first-order chi connectivity index (χ1) is 16.1. The summed E-state index contributed by atoms with van der Waals surface area (Å²) in [4.78, 5) is 4.50. The van der Waals surface area contributed by atoms with Crippen LogP contribution in [0.5, 0.6) is 11.5 Å². The lowest BCUT2D eigenvalue weighted by Crippen LogP contribution is -2.32. The average Bonchev–Trinajstić information content (AvgIpc) is 3.31. The van der Waals surface area contributed by atoms with Gasteiger partial charge in [-0.05, 0) is 58.2 Å². The van der Waals surface area contributed by atoms with Gasteiger partial charge in [0.15, 0.2) is 0 Å². The molecule has 33 heavy (non-hydrogen) atoms. The number of rotatable bonds is 3. The summed E-state index contributed by atoms with van der Waals surface area (Å²) in [5.74, 6) is 2.33. The van der Waals surface area contributed by atoms with E-state index in [4.69, 9.17) is 9.47 Å². The van der Waals surface area contributed by atoms with Crippen LogP contribution in [-0.4, -0.2) is 21.9 Å². The van der Waals surface area contributed by atoms with Crippen molar-refractivity contribution in [2.75, 3.05) is 12.4 Å². The highest BCUT2D eigenvalue weighted by molar-refractivity contribution is 9.10. The molecule has 6 nitrogen and oxygen atoms in total. The van der Waals surface area contributed by atoms with Gasteiger partial charge in [-0.25, -0.2) is 4.68 Å². The average molecular weight is 501 g/mol. The van der Waals surface area contributed by atoms with Crippen molar-refractivity contribution in [3.63, 3.8) is 0 Å². The quantitative estimate of drug-likeness (QED) is 0.378. The Balaban J connectivity index is 1.62. The highest BCUT2D eigenvalue weighted by atomic mass is 79.9. The molecule has 7 heteroatoms. The minimum Gasteiger partial charge on any atom is -0.496 e. The molecule has 0 unspecified atom stereocenters. The molecule has 2 aliphatic heterocycles. The summed E-state index contributed by atoms with van der Waals surface area (Å²) < 4.78 is 15.0. The maximum atomic E-state index is 6.69. The first kappa shape index (κ1) is 20.1. The minimum absolute atomic E-state index is 0.167. The molecular weight excluding hydrogens is 480 g/mol. The summed E-state index contributed by atoms with van der Waals surface area (Å²) >= 11 is 3.64. The largest absolute Gasteiger partial charge is 0.496 e. The Morgan fingerprint density at radius 3 is 2.67 bits per heavy atom. The van der Waals surface area contributed by atoms with Gasteiger partial charge in [0.1, 0.15) is 30.0 Å². The van der Waals surface area contributed by atoms with Crippen LogP contribution >= 0.6 is 15.9 Å². The van der Waals surface area contributed by atoms with Crippen LogP contribution in [0.2, 0.25) is 0 Å². The fourth-order valence-corrected chi connectivity index (χ4v) is 5.22. The van der Waals surface area contributed by atoms with Crippen LogP contribution in [0.1, 0.15) is 34.4 Å². The number of aromatic nitrogens is 3. The molecule has 3 aromatic carbocycles. The van der Waals surface area contributed by atoms with Crippen molar-refractivity contribution in [2.24, 2.45) is 0 Å². The molecule has 0 bridgehead atoms. The van der Waals surface area contributed by atoms with E-state index in [1.165, 1.54) is 5.56 Å². The molecule has 0 amide bonds. The van der Waals surface area contributed by atoms with E-state index in [1.807, 2.05) is 22.9 Å². The van der Waals surface area contributed by atoms with Crippen LogP contribution in [0.25, 0.3) is 5.70 Å².